The summed E-state index contributed by atoms with van der Waals surface area (Å²) in [7, 11) is 1.86. The summed E-state index contributed by atoms with van der Waals surface area (Å²) >= 11 is 7.62. The van der Waals surface area contributed by atoms with Crippen molar-refractivity contribution in [2.24, 2.45) is 7.05 Å². The summed E-state index contributed by atoms with van der Waals surface area (Å²) in [6.45, 7) is 0.557. The van der Waals surface area contributed by atoms with Gasteiger partial charge >= 0.3 is 0 Å². The van der Waals surface area contributed by atoms with E-state index in [4.69, 9.17) is 16.9 Å². The number of benzene rings is 2. The Morgan fingerprint density at radius 2 is 1.93 bits per heavy atom. The van der Waals surface area contributed by atoms with Crippen LogP contribution >= 0.6 is 23.4 Å². The molecule has 6 nitrogen and oxygen atoms in total. The number of halogens is 1. The molecule has 0 N–H and O–H groups in total. The normalized spacial score (nSPS) is 11.0. The molecule has 0 aliphatic rings. The van der Waals surface area contributed by atoms with Crippen molar-refractivity contribution in [1.82, 2.24) is 19.3 Å². The molecule has 0 aliphatic carbocycles. The van der Waals surface area contributed by atoms with Gasteiger partial charge < -0.3 is 9.13 Å². The lowest BCUT2D eigenvalue weighted by Crippen LogP contribution is -2.04. The molecular weight excluding hydrogens is 418 g/mol. The van der Waals surface area contributed by atoms with E-state index < -0.39 is 0 Å². The summed E-state index contributed by atoms with van der Waals surface area (Å²) in [4.78, 5) is 13.0. The Balaban J connectivity index is 1.55. The number of fused-ring (bicyclic) bond motifs is 1. The van der Waals surface area contributed by atoms with Crippen molar-refractivity contribution < 1.29 is 4.79 Å². The van der Waals surface area contributed by atoms with Gasteiger partial charge in [0.15, 0.2) is 16.8 Å². The van der Waals surface area contributed by atoms with Gasteiger partial charge in [0.25, 0.3) is 0 Å². The molecule has 2 aromatic heterocycles. The van der Waals surface area contributed by atoms with Crippen LogP contribution < -0.4 is 0 Å². The Hall–Kier alpha value is -3.08. The first-order valence-electron chi connectivity index (χ1n) is 9.35. The highest BCUT2D eigenvalue weighted by Crippen LogP contribution is 2.29. The van der Waals surface area contributed by atoms with Crippen molar-refractivity contribution in [3.63, 3.8) is 0 Å². The van der Waals surface area contributed by atoms with Crippen LogP contribution in [0.4, 0.5) is 0 Å². The zero-order valence-corrected chi connectivity index (χ0v) is 17.8. The van der Waals surface area contributed by atoms with E-state index in [9.17, 15) is 4.79 Å². The summed E-state index contributed by atoms with van der Waals surface area (Å²) in [5, 5.41) is 19.5. The number of carbonyl (C=O) groups excluding carboxylic acids is 1. The Morgan fingerprint density at radius 1 is 1.17 bits per heavy atom. The molecule has 0 bridgehead atoms. The fourth-order valence-corrected chi connectivity index (χ4v) is 4.36. The van der Waals surface area contributed by atoms with Gasteiger partial charge in [-0.05, 0) is 18.2 Å². The molecule has 4 aromatic rings. The number of thioether (sulfide) groups is 1. The van der Waals surface area contributed by atoms with Crippen molar-refractivity contribution in [1.29, 1.82) is 5.26 Å². The third kappa shape index (κ3) is 3.84. The number of Topliss-reactive ketones (excluding diaryl/α,β-unsaturated/α-hetero) is 1. The van der Waals surface area contributed by atoms with Gasteiger partial charge in [0.05, 0.1) is 23.3 Å². The zero-order chi connectivity index (χ0) is 21.1. The van der Waals surface area contributed by atoms with Crippen LogP contribution in [0.2, 0.25) is 5.02 Å². The third-order valence-corrected chi connectivity index (χ3v) is 6.19. The lowest BCUT2D eigenvalue weighted by atomic mass is 10.1. The molecule has 8 heteroatoms. The summed E-state index contributed by atoms with van der Waals surface area (Å²) < 4.78 is 3.81. The van der Waals surface area contributed by atoms with Crippen LogP contribution in [0.5, 0.6) is 0 Å². The second kappa shape index (κ2) is 8.74. The van der Waals surface area contributed by atoms with Gasteiger partial charge in [-0.2, -0.15) is 5.26 Å². The van der Waals surface area contributed by atoms with E-state index in [1.165, 1.54) is 11.8 Å². The molecule has 2 aromatic carbocycles. The number of hydrogen-bond donors (Lipinski definition) is 0. The van der Waals surface area contributed by atoms with E-state index in [1.54, 1.807) is 0 Å². The number of carbonyl (C=O) groups is 1. The van der Waals surface area contributed by atoms with Crippen molar-refractivity contribution >= 4 is 40.0 Å². The topological polar surface area (TPSA) is 76.5 Å². The Kier molecular flexibility index (Phi) is 5.88. The average molecular weight is 436 g/mol. The molecular formula is C22H18ClN5OS. The number of rotatable bonds is 7. The van der Waals surface area contributed by atoms with Gasteiger partial charge in [-0.1, -0.05) is 53.7 Å². The minimum absolute atomic E-state index is 0.00852. The maximum absolute atomic E-state index is 13.0. The van der Waals surface area contributed by atoms with Crippen LogP contribution in [0.1, 0.15) is 16.8 Å². The largest absolute Gasteiger partial charge is 0.346 e. The van der Waals surface area contributed by atoms with Gasteiger partial charge in [-0.15, -0.1) is 10.2 Å². The summed E-state index contributed by atoms with van der Waals surface area (Å²) in [5.74, 6) is 0.902. The molecule has 2 heterocycles. The fraction of sp³-hybridized carbons (Fsp3) is 0.182. The van der Waals surface area contributed by atoms with Crippen molar-refractivity contribution in [2.75, 3.05) is 5.75 Å². The number of nitrogens with zero attached hydrogens (tertiary/aromatic N) is 5. The number of nitriles is 1. The van der Waals surface area contributed by atoms with Gasteiger partial charge in [0, 0.05) is 41.8 Å². The smallest absolute Gasteiger partial charge is 0.191 e. The quantitative estimate of drug-likeness (QED) is 0.302. The second-order valence-corrected chi connectivity index (χ2v) is 8.07. The van der Waals surface area contributed by atoms with E-state index in [1.807, 2.05) is 70.9 Å². The molecule has 0 radical (unpaired) electrons. The summed E-state index contributed by atoms with van der Waals surface area (Å²) in [6.07, 6.45) is 2.24. The predicted octanol–water partition coefficient (Wildman–Crippen LogP) is 4.98. The summed E-state index contributed by atoms with van der Waals surface area (Å²) in [5.41, 5.74) is 2.42. The van der Waals surface area contributed by atoms with E-state index in [0.29, 0.717) is 34.5 Å². The van der Waals surface area contributed by atoms with Gasteiger partial charge in [0.2, 0.25) is 0 Å². The first-order valence-corrected chi connectivity index (χ1v) is 10.7. The highest BCUT2D eigenvalue weighted by molar-refractivity contribution is 7.99. The summed E-state index contributed by atoms with van der Waals surface area (Å²) in [6, 6.07) is 17.4. The Bertz CT molecular complexity index is 1270. The minimum atomic E-state index is 0.00852. The van der Waals surface area contributed by atoms with Crippen LogP contribution in [0, 0.1) is 11.3 Å². The van der Waals surface area contributed by atoms with Gasteiger partial charge in [-0.3, -0.25) is 4.79 Å². The van der Waals surface area contributed by atoms with Gasteiger partial charge in [0.1, 0.15) is 0 Å². The van der Waals surface area contributed by atoms with Crippen LogP contribution in [0.15, 0.2) is 59.9 Å². The molecule has 4 rings (SSSR count). The molecule has 0 unspecified atom stereocenters. The molecule has 0 saturated heterocycles. The number of para-hydroxylation sites is 1. The van der Waals surface area contributed by atoms with Crippen molar-refractivity contribution in [3.05, 3.63) is 65.3 Å². The first-order chi connectivity index (χ1) is 14.6. The molecule has 150 valence electrons. The molecule has 0 spiro atoms. The van der Waals surface area contributed by atoms with Crippen LogP contribution in [-0.4, -0.2) is 30.9 Å². The maximum atomic E-state index is 13.0. The number of hydrogen-bond acceptors (Lipinski definition) is 5. The standard InChI is InChI=1S/C22H18ClN5OS/c1-27-21(16-8-2-4-9-18(16)23)25-26-22(27)30-14-20(29)17-13-28(12-6-11-24)19-10-5-3-7-15(17)19/h2-5,7-10,13H,6,12,14H2,1H3. The predicted molar refractivity (Wildman–Crippen MR) is 119 cm³/mol. The SMILES string of the molecule is Cn1c(SCC(=O)c2cn(CCC#N)c3ccccc23)nnc1-c1ccccc1Cl. The molecule has 0 amide bonds. The third-order valence-electron chi connectivity index (χ3n) is 4.84. The zero-order valence-electron chi connectivity index (χ0n) is 16.2. The van der Waals surface area contributed by atoms with Crippen LogP contribution in [0.25, 0.3) is 22.3 Å². The van der Waals surface area contributed by atoms with Crippen LogP contribution in [-0.2, 0) is 13.6 Å². The van der Waals surface area contributed by atoms with Crippen LogP contribution in [0.3, 0.4) is 0 Å². The number of aromatic nitrogens is 4. The lowest BCUT2D eigenvalue weighted by molar-refractivity contribution is 0.102. The second-order valence-electron chi connectivity index (χ2n) is 6.72. The lowest BCUT2D eigenvalue weighted by Gasteiger charge is -2.05. The van der Waals surface area contributed by atoms with E-state index >= 15 is 0 Å². The average Bonchev–Trinajstić information content (AvgIpc) is 3.31. The monoisotopic (exact) mass is 435 g/mol. The molecule has 0 fully saturated rings. The maximum Gasteiger partial charge on any atom is 0.191 e. The van der Waals surface area contributed by atoms with E-state index in [-0.39, 0.29) is 11.5 Å². The highest BCUT2D eigenvalue weighted by Gasteiger charge is 2.18. The molecule has 0 atom stereocenters. The number of ketones is 1. The highest BCUT2D eigenvalue weighted by atomic mass is 35.5. The molecule has 30 heavy (non-hydrogen) atoms. The first kappa shape index (κ1) is 20.2. The van der Waals surface area contributed by atoms with E-state index in [0.717, 1.165) is 16.5 Å². The van der Waals surface area contributed by atoms with Crippen molar-refractivity contribution in [2.45, 2.75) is 18.1 Å². The Labute approximate surface area is 183 Å². The van der Waals surface area contributed by atoms with E-state index in [2.05, 4.69) is 16.3 Å². The number of aryl methyl sites for hydroxylation is 1. The molecule has 0 saturated carbocycles. The molecule has 0 aliphatic heterocycles. The van der Waals surface area contributed by atoms with Crippen molar-refractivity contribution in [3.8, 4) is 17.5 Å². The van der Waals surface area contributed by atoms with Gasteiger partial charge in [-0.25, -0.2) is 0 Å². The Morgan fingerprint density at radius 3 is 2.73 bits per heavy atom. The fourth-order valence-electron chi connectivity index (χ4n) is 3.35. The minimum Gasteiger partial charge on any atom is -0.346 e.